The summed E-state index contributed by atoms with van der Waals surface area (Å²) in [6.07, 6.45) is 1.59. The second-order valence-corrected chi connectivity index (χ2v) is 5.92. The van der Waals surface area contributed by atoms with Crippen LogP contribution in [-0.2, 0) is 0 Å². The molecule has 7 nitrogen and oxygen atoms in total. The van der Waals surface area contributed by atoms with E-state index >= 15 is 0 Å². The van der Waals surface area contributed by atoms with Crippen LogP contribution in [0.4, 0.5) is 23.1 Å². The summed E-state index contributed by atoms with van der Waals surface area (Å²) in [5, 5.41) is 11.5. The van der Waals surface area contributed by atoms with E-state index in [0.29, 0.717) is 23.3 Å². The first-order valence-corrected chi connectivity index (χ1v) is 8.67. The standard InChI is InChI=1S/C20H23N5O2/c1-5-25(16-8-6-7-14(2)11-16)20-23-19(13-21-24-20)22-15-9-10-17(26-3)18(12-15)27-4/h6-13H,5H2,1-4H3,(H,22,23,24). The summed E-state index contributed by atoms with van der Waals surface area (Å²) in [4.78, 5) is 6.63. The fourth-order valence-electron chi connectivity index (χ4n) is 2.77. The molecule has 3 aromatic rings. The molecule has 1 heterocycles. The molecule has 1 N–H and O–H groups in total. The van der Waals surface area contributed by atoms with Crippen LogP contribution in [0, 0.1) is 6.92 Å². The first-order chi connectivity index (χ1) is 13.1. The van der Waals surface area contributed by atoms with Gasteiger partial charge in [-0.2, -0.15) is 10.1 Å². The zero-order valence-corrected chi connectivity index (χ0v) is 15.9. The van der Waals surface area contributed by atoms with E-state index in [1.165, 1.54) is 5.56 Å². The van der Waals surface area contributed by atoms with E-state index in [1.807, 2.05) is 35.2 Å². The van der Waals surface area contributed by atoms with Gasteiger partial charge in [0.1, 0.15) is 0 Å². The molecule has 27 heavy (non-hydrogen) atoms. The third-order valence-corrected chi connectivity index (χ3v) is 4.07. The second-order valence-electron chi connectivity index (χ2n) is 5.92. The fraction of sp³-hybridized carbons (Fsp3) is 0.250. The SMILES string of the molecule is CCN(c1cccc(C)c1)c1nncc(Nc2ccc(OC)c(OC)c2)n1. The average molecular weight is 365 g/mol. The van der Waals surface area contributed by atoms with Gasteiger partial charge < -0.3 is 19.7 Å². The molecule has 0 fully saturated rings. The van der Waals surface area contributed by atoms with Gasteiger partial charge in [0.05, 0.1) is 20.4 Å². The van der Waals surface area contributed by atoms with E-state index in [0.717, 1.165) is 17.9 Å². The number of benzene rings is 2. The minimum absolute atomic E-state index is 0.536. The van der Waals surface area contributed by atoms with Gasteiger partial charge in [-0.3, -0.25) is 0 Å². The number of aryl methyl sites for hydroxylation is 1. The van der Waals surface area contributed by atoms with Gasteiger partial charge in [0, 0.05) is 24.0 Å². The van der Waals surface area contributed by atoms with Gasteiger partial charge in [0.15, 0.2) is 17.3 Å². The van der Waals surface area contributed by atoms with Crippen molar-refractivity contribution in [2.45, 2.75) is 13.8 Å². The highest BCUT2D eigenvalue weighted by Crippen LogP contribution is 2.31. The summed E-state index contributed by atoms with van der Waals surface area (Å²) in [7, 11) is 3.21. The molecule has 0 saturated heterocycles. The Morgan fingerprint density at radius 1 is 1.04 bits per heavy atom. The van der Waals surface area contributed by atoms with Crippen molar-refractivity contribution < 1.29 is 9.47 Å². The maximum Gasteiger partial charge on any atom is 0.251 e. The molecule has 0 aliphatic rings. The van der Waals surface area contributed by atoms with Crippen molar-refractivity contribution in [3.8, 4) is 11.5 Å². The number of hydrogen-bond donors (Lipinski definition) is 1. The monoisotopic (exact) mass is 365 g/mol. The predicted molar refractivity (Wildman–Crippen MR) is 107 cm³/mol. The molecule has 2 aromatic carbocycles. The van der Waals surface area contributed by atoms with Crippen LogP contribution in [0.15, 0.2) is 48.7 Å². The van der Waals surface area contributed by atoms with Gasteiger partial charge in [-0.25, -0.2) is 0 Å². The van der Waals surface area contributed by atoms with Gasteiger partial charge in [0.2, 0.25) is 0 Å². The van der Waals surface area contributed by atoms with E-state index in [4.69, 9.17) is 9.47 Å². The summed E-state index contributed by atoms with van der Waals surface area (Å²) in [5.74, 6) is 2.44. The van der Waals surface area contributed by atoms with Crippen LogP contribution in [0.3, 0.4) is 0 Å². The Bertz CT molecular complexity index is 916. The van der Waals surface area contributed by atoms with Crippen molar-refractivity contribution in [2.24, 2.45) is 0 Å². The van der Waals surface area contributed by atoms with Crippen LogP contribution in [0.5, 0.6) is 11.5 Å². The highest BCUT2D eigenvalue weighted by atomic mass is 16.5. The van der Waals surface area contributed by atoms with Gasteiger partial charge in [-0.15, -0.1) is 5.10 Å². The largest absolute Gasteiger partial charge is 0.493 e. The second kappa shape index (κ2) is 8.35. The molecule has 0 spiro atoms. The number of aromatic nitrogens is 3. The maximum atomic E-state index is 5.34. The lowest BCUT2D eigenvalue weighted by Crippen LogP contribution is -2.19. The van der Waals surface area contributed by atoms with E-state index in [9.17, 15) is 0 Å². The van der Waals surface area contributed by atoms with Gasteiger partial charge in [-0.1, -0.05) is 12.1 Å². The molecule has 7 heteroatoms. The first kappa shape index (κ1) is 18.4. The van der Waals surface area contributed by atoms with Crippen LogP contribution in [0.1, 0.15) is 12.5 Å². The number of anilines is 4. The molecular weight excluding hydrogens is 342 g/mol. The summed E-state index contributed by atoms with van der Waals surface area (Å²) in [5.41, 5.74) is 3.03. The van der Waals surface area contributed by atoms with Crippen molar-refractivity contribution >= 4 is 23.1 Å². The third kappa shape index (κ3) is 4.25. The summed E-state index contributed by atoms with van der Waals surface area (Å²) >= 11 is 0. The van der Waals surface area contributed by atoms with Crippen LogP contribution < -0.4 is 19.7 Å². The summed E-state index contributed by atoms with van der Waals surface area (Å²) in [6, 6.07) is 13.8. The predicted octanol–water partition coefficient (Wildman–Crippen LogP) is 4.10. The molecule has 0 amide bonds. The van der Waals surface area contributed by atoms with Crippen LogP contribution in [-0.4, -0.2) is 35.9 Å². The molecule has 0 unspecified atom stereocenters. The summed E-state index contributed by atoms with van der Waals surface area (Å²) < 4.78 is 10.6. The number of ether oxygens (including phenoxy) is 2. The molecule has 0 bridgehead atoms. The number of nitrogens with one attached hydrogen (secondary N) is 1. The van der Waals surface area contributed by atoms with Crippen LogP contribution in [0.25, 0.3) is 0 Å². The molecule has 0 aliphatic heterocycles. The van der Waals surface area contributed by atoms with E-state index in [-0.39, 0.29) is 0 Å². The number of methoxy groups -OCH3 is 2. The molecule has 0 saturated carbocycles. The Hall–Kier alpha value is -3.35. The Balaban J connectivity index is 1.87. The molecule has 0 radical (unpaired) electrons. The molecule has 3 rings (SSSR count). The van der Waals surface area contributed by atoms with Gasteiger partial charge in [0.25, 0.3) is 5.95 Å². The van der Waals surface area contributed by atoms with Gasteiger partial charge in [-0.05, 0) is 43.7 Å². The molecule has 0 atom stereocenters. The number of nitrogens with zero attached hydrogens (tertiary/aromatic N) is 4. The van der Waals surface area contributed by atoms with Gasteiger partial charge >= 0.3 is 0 Å². The molecular formula is C20H23N5O2. The molecule has 0 aliphatic carbocycles. The zero-order valence-electron chi connectivity index (χ0n) is 15.9. The summed E-state index contributed by atoms with van der Waals surface area (Å²) in [6.45, 7) is 4.84. The number of hydrogen-bond acceptors (Lipinski definition) is 7. The lowest BCUT2D eigenvalue weighted by molar-refractivity contribution is 0.355. The Morgan fingerprint density at radius 2 is 1.85 bits per heavy atom. The zero-order chi connectivity index (χ0) is 19.2. The van der Waals surface area contributed by atoms with Crippen molar-refractivity contribution in [3.63, 3.8) is 0 Å². The van der Waals surface area contributed by atoms with Crippen molar-refractivity contribution in [3.05, 3.63) is 54.2 Å². The quantitative estimate of drug-likeness (QED) is 0.676. The van der Waals surface area contributed by atoms with E-state index in [1.54, 1.807) is 20.4 Å². The third-order valence-electron chi connectivity index (χ3n) is 4.07. The molecule has 1 aromatic heterocycles. The highest BCUT2D eigenvalue weighted by Gasteiger charge is 2.12. The average Bonchev–Trinajstić information content (AvgIpc) is 2.69. The van der Waals surface area contributed by atoms with Crippen molar-refractivity contribution in [1.29, 1.82) is 0 Å². The van der Waals surface area contributed by atoms with E-state index in [2.05, 4.69) is 46.5 Å². The topological polar surface area (TPSA) is 72.4 Å². The normalized spacial score (nSPS) is 10.4. The smallest absolute Gasteiger partial charge is 0.251 e. The Morgan fingerprint density at radius 3 is 2.56 bits per heavy atom. The first-order valence-electron chi connectivity index (χ1n) is 8.67. The lowest BCUT2D eigenvalue weighted by atomic mass is 10.2. The van der Waals surface area contributed by atoms with E-state index < -0.39 is 0 Å². The Labute approximate surface area is 159 Å². The Kier molecular flexibility index (Phi) is 5.71. The van der Waals surface area contributed by atoms with Crippen LogP contribution >= 0.6 is 0 Å². The lowest BCUT2D eigenvalue weighted by Gasteiger charge is -2.21. The minimum atomic E-state index is 0.536. The molecule has 140 valence electrons. The highest BCUT2D eigenvalue weighted by molar-refractivity contribution is 5.63. The fourth-order valence-corrected chi connectivity index (χ4v) is 2.77. The number of rotatable bonds is 7. The van der Waals surface area contributed by atoms with Crippen molar-refractivity contribution in [2.75, 3.05) is 31.0 Å². The minimum Gasteiger partial charge on any atom is -0.493 e. The van der Waals surface area contributed by atoms with Crippen LogP contribution in [0.2, 0.25) is 0 Å². The maximum absolute atomic E-state index is 5.34. The van der Waals surface area contributed by atoms with Crippen molar-refractivity contribution in [1.82, 2.24) is 15.2 Å².